The molecule has 6 heteroatoms. The van der Waals surface area contributed by atoms with Crippen molar-refractivity contribution in [3.8, 4) is 0 Å². The Labute approximate surface area is 144 Å². The molecule has 2 nitrogen and oxygen atoms in total. The van der Waals surface area contributed by atoms with E-state index in [1.807, 2.05) is 11.8 Å². The van der Waals surface area contributed by atoms with Crippen LogP contribution in [0.2, 0.25) is 0 Å². The summed E-state index contributed by atoms with van der Waals surface area (Å²) in [6.07, 6.45) is 6.12. The monoisotopic (exact) mass is 376 g/mol. The molecular formula is C14H26Cl2O2STi. The Kier molecular flexibility index (Phi) is 10.2. The summed E-state index contributed by atoms with van der Waals surface area (Å²) in [5.74, 6) is 1.46. The van der Waals surface area contributed by atoms with Crippen molar-refractivity contribution in [2.45, 2.75) is 75.1 Å². The topological polar surface area (TPSA) is 40.5 Å². The molecule has 2 fully saturated rings. The van der Waals surface area contributed by atoms with Crippen molar-refractivity contribution in [1.82, 2.24) is 0 Å². The first-order valence-corrected chi connectivity index (χ1v) is 12.7. The first-order valence-electron chi connectivity index (χ1n) is 7.45. The molecule has 0 radical (unpaired) electrons. The summed E-state index contributed by atoms with van der Waals surface area (Å²) in [4.78, 5) is 0. The molecule has 0 aromatic heterocycles. The Morgan fingerprint density at radius 3 is 1.55 bits per heavy atom. The Morgan fingerprint density at radius 1 is 0.850 bits per heavy atom. The molecule has 2 rings (SSSR count). The minimum atomic E-state index is -0.556. The van der Waals surface area contributed by atoms with Crippen LogP contribution in [-0.2, 0) is 17.0 Å². The Hall–Kier alpha value is 1.56. The van der Waals surface area contributed by atoms with Gasteiger partial charge in [0, 0.05) is 10.5 Å². The second-order valence-corrected chi connectivity index (χ2v) is 10.3. The Bertz CT molecular complexity index is 250. The molecule has 2 aliphatic rings. The third-order valence-electron chi connectivity index (χ3n) is 4.39. The van der Waals surface area contributed by atoms with E-state index < -0.39 is 17.0 Å². The second-order valence-electron chi connectivity index (χ2n) is 6.26. The van der Waals surface area contributed by atoms with E-state index in [1.54, 1.807) is 0 Å². The number of aliphatic hydroxyl groups excluding tert-OH is 2. The van der Waals surface area contributed by atoms with Crippen LogP contribution in [0.4, 0.5) is 0 Å². The normalized spacial score (nSPS) is 41.5. The molecule has 118 valence electrons. The molecule has 2 aliphatic carbocycles. The van der Waals surface area contributed by atoms with E-state index in [2.05, 4.69) is 13.8 Å². The van der Waals surface area contributed by atoms with Gasteiger partial charge in [-0.25, -0.2) is 0 Å². The van der Waals surface area contributed by atoms with Gasteiger partial charge < -0.3 is 10.2 Å². The van der Waals surface area contributed by atoms with Crippen LogP contribution in [0, 0.1) is 11.8 Å². The molecule has 6 atom stereocenters. The summed E-state index contributed by atoms with van der Waals surface area (Å²) in [5, 5.41) is 20.8. The van der Waals surface area contributed by atoms with Crippen LogP contribution in [0.15, 0.2) is 0 Å². The molecule has 0 amide bonds. The van der Waals surface area contributed by atoms with Crippen molar-refractivity contribution in [3.63, 3.8) is 0 Å². The predicted octanol–water partition coefficient (Wildman–Crippen LogP) is 4.20. The summed E-state index contributed by atoms with van der Waals surface area (Å²) in [5.41, 5.74) is 0. The summed E-state index contributed by atoms with van der Waals surface area (Å²) < 4.78 is 0. The maximum absolute atomic E-state index is 10.1. The van der Waals surface area contributed by atoms with Gasteiger partial charge in [-0.15, -0.1) is 11.8 Å². The Morgan fingerprint density at radius 2 is 1.20 bits per heavy atom. The van der Waals surface area contributed by atoms with Gasteiger partial charge >= 0.3 is 35.6 Å². The molecule has 2 saturated carbocycles. The van der Waals surface area contributed by atoms with Gasteiger partial charge in [0.25, 0.3) is 0 Å². The van der Waals surface area contributed by atoms with E-state index in [0.29, 0.717) is 10.5 Å². The van der Waals surface area contributed by atoms with Gasteiger partial charge in [0.1, 0.15) is 0 Å². The van der Waals surface area contributed by atoms with E-state index in [9.17, 15) is 10.2 Å². The SMILES string of the molecule is CC1CCC(O)C(SC2CC(C)CCC2O)C1.[Cl][Ti][Cl]. The van der Waals surface area contributed by atoms with E-state index in [0.717, 1.165) is 50.4 Å². The molecule has 0 spiro atoms. The Balaban J connectivity index is 0.000000612. The zero-order valence-electron chi connectivity index (χ0n) is 12.3. The van der Waals surface area contributed by atoms with Gasteiger partial charge in [0.2, 0.25) is 0 Å². The van der Waals surface area contributed by atoms with Crippen molar-refractivity contribution in [2.75, 3.05) is 0 Å². The molecule has 6 unspecified atom stereocenters. The second kappa shape index (κ2) is 10.4. The van der Waals surface area contributed by atoms with Gasteiger partial charge in [-0.3, -0.25) is 0 Å². The van der Waals surface area contributed by atoms with Crippen molar-refractivity contribution in [3.05, 3.63) is 0 Å². The van der Waals surface area contributed by atoms with E-state index in [4.69, 9.17) is 18.6 Å². The maximum atomic E-state index is 10.1. The van der Waals surface area contributed by atoms with Gasteiger partial charge in [0.15, 0.2) is 0 Å². The fourth-order valence-corrected chi connectivity index (χ4v) is 5.11. The quantitative estimate of drug-likeness (QED) is 0.709. The van der Waals surface area contributed by atoms with Crippen LogP contribution >= 0.6 is 30.4 Å². The third-order valence-corrected chi connectivity index (χ3v) is 6.10. The number of halogens is 2. The predicted molar refractivity (Wildman–Crippen MR) is 84.9 cm³/mol. The average molecular weight is 377 g/mol. The third kappa shape index (κ3) is 6.77. The zero-order chi connectivity index (χ0) is 15.1. The van der Waals surface area contributed by atoms with Crippen LogP contribution in [-0.4, -0.2) is 32.9 Å². The van der Waals surface area contributed by atoms with Gasteiger partial charge in [-0.1, -0.05) is 13.8 Å². The number of hydrogen-bond donors (Lipinski definition) is 2. The van der Waals surface area contributed by atoms with Crippen LogP contribution < -0.4 is 0 Å². The number of rotatable bonds is 2. The van der Waals surface area contributed by atoms with Gasteiger partial charge in [-0.05, 0) is 50.4 Å². The summed E-state index contributed by atoms with van der Waals surface area (Å²) >= 11 is 1.31. The van der Waals surface area contributed by atoms with Crippen LogP contribution in [0.25, 0.3) is 0 Å². The minimum absolute atomic E-state index is 0.152. The summed E-state index contributed by atoms with van der Waals surface area (Å²) in [6, 6.07) is 0. The van der Waals surface area contributed by atoms with Gasteiger partial charge in [0.05, 0.1) is 12.2 Å². The molecule has 0 heterocycles. The van der Waals surface area contributed by atoms with Crippen molar-refractivity contribution in [2.24, 2.45) is 11.8 Å². The molecular weight excluding hydrogens is 351 g/mol. The van der Waals surface area contributed by atoms with Crippen molar-refractivity contribution in [1.29, 1.82) is 0 Å². The fourth-order valence-electron chi connectivity index (χ4n) is 3.14. The molecule has 0 saturated heterocycles. The number of aliphatic hydroxyl groups is 2. The van der Waals surface area contributed by atoms with Crippen molar-refractivity contribution < 1.29 is 27.2 Å². The molecule has 0 aromatic carbocycles. The molecule has 0 aliphatic heterocycles. The van der Waals surface area contributed by atoms with Crippen LogP contribution in [0.1, 0.15) is 52.4 Å². The van der Waals surface area contributed by atoms with Crippen LogP contribution in [0.5, 0.6) is 0 Å². The average Bonchev–Trinajstić information content (AvgIpc) is 2.39. The van der Waals surface area contributed by atoms with Crippen LogP contribution in [0.3, 0.4) is 0 Å². The standard InChI is InChI=1S/C14H26O2S.2ClH.Ti/c1-9-3-5-11(15)13(7-9)17-14-8-10(2)4-6-12(14)16;;;/h9-16H,3-8H2,1-2H3;2*1H;/q;;;+2/p-2. The molecule has 20 heavy (non-hydrogen) atoms. The first kappa shape index (κ1) is 19.6. The van der Waals surface area contributed by atoms with Gasteiger partial charge in [-0.2, -0.15) is 0 Å². The number of thioether (sulfide) groups is 1. The number of hydrogen-bond acceptors (Lipinski definition) is 3. The van der Waals surface area contributed by atoms with E-state index in [1.165, 1.54) is 0 Å². The molecule has 0 aromatic rings. The summed E-state index contributed by atoms with van der Waals surface area (Å²) in [7, 11) is 9.78. The summed E-state index contributed by atoms with van der Waals surface area (Å²) in [6.45, 7) is 4.55. The molecule has 2 N–H and O–H groups in total. The molecule has 0 bridgehead atoms. The first-order chi connectivity index (χ1) is 9.47. The van der Waals surface area contributed by atoms with Crippen molar-refractivity contribution >= 4 is 30.4 Å². The van der Waals surface area contributed by atoms with E-state index in [-0.39, 0.29) is 12.2 Å². The fraction of sp³-hybridized carbons (Fsp3) is 1.00. The van der Waals surface area contributed by atoms with E-state index >= 15 is 0 Å². The zero-order valence-corrected chi connectivity index (χ0v) is 16.2.